The molecule has 1 fully saturated rings. The molecule has 2 aromatic carbocycles. The van der Waals surface area contributed by atoms with Crippen LogP contribution in [0.2, 0.25) is 0 Å². The number of nitrogens with zero attached hydrogens (tertiary/aromatic N) is 2. The van der Waals surface area contributed by atoms with Crippen LogP contribution in [0, 0.1) is 5.82 Å². The molecule has 5 rings (SSSR count). The number of hydrogen-bond donors (Lipinski definition) is 4. The van der Waals surface area contributed by atoms with Crippen molar-refractivity contribution in [2.45, 2.75) is 37.9 Å². The minimum absolute atomic E-state index is 0.103. The van der Waals surface area contributed by atoms with Crippen LogP contribution in [0.5, 0.6) is 0 Å². The van der Waals surface area contributed by atoms with Crippen molar-refractivity contribution in [3.05, 3.63) is 71.5 Å². The van der Waals surface area contributed by atoms with E-state index in [1.807, 2.05) is 0 Å². The maximum absolute atomic E-state index is 14.0. The van der Waals surface area contributed by atoms with Gasteiger partial charge < -0.3 is 19.9 Å². The van der Waals surface area contributed by atoms with Crippen LogP contribution in [0.1, 0.15) is 39.4 Å². The molecule has 0 bridgehead atoms. The predicted octanol–water partition coefficient (Wildman–Crippen LogP) is 2.08. The molecule has 1 aromatic heterocycles. The highest BCUT2D eigenvalue weighted by Gasteiger charge is 2.45. The molecule has 10 heteroatoms. The predicted molar refractivity (Wildman–Crippen MR) is 114 cm³/mol. The van der Waals surface area contributed by atoms with Crippen molar-refractivity contribution in [2.75, 3.05) is 5.32 Å². The number of aliphatic hydroxyl groups is 2. The number of aliphatic hydroxyl groups excluding tert-OH is 2. The number of fused-ring (bicyclic) bond motifs is 1. The molecule has 4 N–H and O–H groups in total. The third-order valence-corrected chi connectivity index (χ3v) is 5.86. The molecule has 170 valence electrons. The molecule has 0 spiro atoms. The number of piperidine rings is 1. The van der Waals surface area contributed by atoms with Gasteiger partial charge in [0.05, 0.1) is 35.5 Å². The van der Waals surface area contributed by atoms with Gasteiger partial charge in [0.1, 0.15) is 18.3 Å². The topological polar surface area (TPSA) is 128 Å². The van der Waals surface area contributed by atoms with Crippen molar-refractivity contribution in [1.82, 2.24) is 15.2 Å². The molecule has 9 nitrogen and oxygen atoms in total. The molecule has 3 aromatic rings. The average Bonchev–Trinajstić information content (AvgIpc) is 3.37. The van der Waals surface area contributed by atoms with E-state index in [1.165, 1.54) is 12.3 Å². The van der Waals surface area contributed by atoms with Crippen LogP contribution in [0.15, 0.2) is 53.1 Å². The van der Waals surface area contributed by atoms with Crippen molar-refractivity contribution >= 4 is 17.5 Å². The number of nitrogens with one attached hydrogen (secondary N) is 2. The normalized spacial score (nSPS) is 22.5. The van der Waals surface area contributed by atoms with E-state index in [1.54, 1.807) is 36.4 Å². The van der Waals surface area contributed by atoms with Gasteiger partial charge in [-0.15, -0.1) is 0 Å². The monoisotopic (exact) mass is 452 g/mol. The highest BCUT2D eigenvalue weighted by atomic mass is 19.1. The number of carbonyl (C=O) groups is 2. The minimum atomic E-state index is -1.23. The van der Waals surface area contributed by atoms with Crippen molar-refractivity contribution in [3.8, 4) is 11.3 Å². The number of benzene rings is 2. The second-order valence-corrected chi connectivity index (χ2v) is 7.93. The van der Waals surface area contributed by atoms with Crippen molar-refractivity contribution in [1.29, 1.82) is 0 Å². The third kappa shape index (κ3) is 3.78. The molecular formula is C23H21FN4O5. The number of oxazole rings is 1. The van der Waals surface area contributed by atoms with E-state index < -0.39 is 36.1 Å². The fraction of sp³-hybridized carbons (Fsp3) is 0.261. The first-order chi connectivity index (χ1) is 15.9. The molecule has 0 radical (unpaired) electrons. The zero-order valence-electron chi connectivity index (χ0n) is 17.4. The largest absolute Gasteiger partial charge is 0.439 e. The standard InChI is InChI=1S/C23H21FN4O5/c24-14-6-2-1-4-12(14)17-10-26-19(33-17)11-25-15-7-3-5-13-20(15)23(32)28(22(13)31)16-8-9-18(29)27-21(16)30/h1-7,10,16,18,21,25,27,29-30H,8-9,11H2. The molecule has 2 amide bonds. The van der Waals surface area contributed by atoms with E-state index in [0.29, 0.717) is 12.1 Å². The van der Waals surface area contributed by atoms with Crippen LogP contribution in [-0.4, -0.2) is 50.4 Å². The maximum atomic E-state index is 14.0. The Morgan fingerprint density at radius 2 is 1.88 bits per heavy atom. The van der Waals surface area contributed by atoms with Crippen LogP contribution in [0.3, 0.4) is 0 Å². The summed E-state index contributed by atoms with van der Waals surface area (Å²) in [5, 5.41) is 25.5. The van der Waals surface area contributed by atoms with Crippen LogP contribution in [0.25, 0.3) is 11.3 Å². The molecule has 3 atom stereocenters. The Bertz CT molecular complexity index is 1230. The van der Waals surface area contributed by atoms with Crippen LogP contribution in [-0.2, 0) is 6.54 Å². The summed E-state index contributed by atoms with van der Waals surface area (Å²) < 4.78 is 19.6. The van der Waals surface area contributed by atoms with E-state index in [0.717, 1.165) is 4.90 Å². The summed E-state index contributed by atoms with van der Waals surface area (Å²) in [6, 6.07) is 10.3. The second-order valence-electron chi connectivity index (χ2n) is 7.93. The lowest BCUT2D eigenvalue weighted by Crippen LogP contribution is -2.58. The summed E-state index contributed by atoms with van der Waals surface area (Å²) in [5.41, 5.74) is 1.12. The molecular weight excluding hydrogens is 431 g/mol. The SMILES string of the molecule is O=C1c2cccc(NCc3ncc(-c4ccccc4F)o3)c2C(=O)N1C1CCC(O)NC1O. The highest BCUT2D eigenvalue weighted by molar-refractivity contribution is 6.24. The van der Waals surface area contributed by atoms with Gasteiger partial charge in [0.25, 0.3) is 11.8 Å². The number of carbonyl (C=O) groups excluding carboxylic acids is 2. The fourth-order valence-electron chi connectivity index (χ4n) is 4.25. The first-order valence-corrected chi connectivity index (χ1v) is 10.5. The molecule has 2 aliphatic heterocycles. The Labute approximate surface area is 187 Å². The van der Waals surface area contributed by atoms with Crippen LogP contribution in [0.4, 0.5) is 10.1 Å². The smallest absolute Gasteiger partial charge is 0.264 e. The van der Waals surface area contributed by atoms with Gasteiger partial charge >= 0.3 is 0 Å². The first kappa shape index (κ1) is 21.3. The number of imide groups is 1. The van der Waals surface area contributed by atoms with Gasteiger partial charge in [-0.05, 0) is 37.1 Å². The summed E-state index contributed by atoms with van der Waals surface area (Å²) in [7, 11) is 0. The maximum Gasteiger partial charge on any atom is 0.264 e. The van der Waals surface area contributed by atoms with Gasteiger partial charge in [-0.1, -0.05) is 18.2 Å². The quantitative estimate of drug-likeness (QED) is 0.433. The van der Waals surface area contributed by atoms with Gasteiger partial charge in [0, 0.05) is 5.69 Å². The molecule has 0 saturated carbocycles. The second kappa shape index (κ2) is 8.39. The summed E-state index contributed by atoms with van der Waals surface area (Å²) in [6.07, 6.45) is -0.115. The van der Waals surface area contributed by atoms with Crippen LogP contribution >= 0.6 is 0 Å². The van der Waals surface area contributed by atoms with Crippen molar-refractivity contribution in [2.24, 2.45) is 0 Å². The van der Waals surface area contributed by atoms with Crippen LogP contribution < -0.4 is 10.6 Å². The van der Waals surface area contributed by atoms with Gasteiger partial charge in [0.2, 0.25) is 5.89 Å². The summed E-state index contributed by atoms with van der Waals surface area (Å²) in [4.78, 5) is 31.3. The summed E-state index contributed by atoms with van der Waals surface area (Å²) >= 11 is 0. The van der Waals surface area contributed by atoms with E-state index in [-0.39, 0.29) is 41.3 Å². The van der Waals surface area contributed by atoms with Crippen molar-refractivity contribution in [3.63, 3.8) is 0 Å². The number of amides is 2. The Morgan fingerprint density at radius 3 is 2.67 bits per heavy atom. The minimum Gasteiger partial charge on any atom is -0.439 e. The van der Waals surface area contributed by atoms with E-state index in [2.05, 4.69) is 15.6 Å². The van der Waals surface area contributed by atoms with E-state index in [9.17, 15) is 24.2 Å². The zero-order chi connectivity index (χ0) is 23.1. The fourth-order valence-corrected chi connectivity index (χ4v) is 4.25. The molecule has 1 saturated heterocycles. The molecule has 33 heavy (non-hydrogen) atoms. The third-order valence-electron chi connectivity index (χ3n) is 5.86. The van der Waals surface area contributed by atoms with E-state index >= 15 is 0 Å². The summed E-state index contributed by atoms with van der Waals surface area (Å²) in [6.45, 7) is 0.103. The van der Waals surface area contributed by atoms with Gasteiger partial charge in [-0.2, -0.15) is 0 Å². The van der Waals surface area contributed by atoms with Crippen molar-refractivity contribution < 1.29 is 28.6 Å². The Morgan fingerprint density at radius 1 is 1.09 bits per heavy atom. The van der Waals surface area contributed by atoms with Gasteiger partial charge in [0.15, 0.2) is 5.76 Å². The van der Waals surface area contributed by atoms with E-state index in [4.69, 9.17) is 4.42 Å². The highest BCUT2D eigenvalue weighted by Crippen LogP contribution is 2.33. The lowest BCUT2D eigenvalue weighted by molar-refractivity contribution is -0.0413. The Balaban J connectivity index is 1.35. The Hall–Kier alpha value is -3.60. The molecule has 2 aliphatic rings. The van der Waals surface area contributed by atoms with Gasteiger partial charge in [-0.3, -0.25) is 19.8 Å². The number of halogens is 1. The average molecular weight is 452 g/mol. The zero-order valence-corrected chi connectivity index (χ0v) is 17.4. The molecule has 3 unspecified atom stereocenters. The summed E-state index contributed by atoms with van der Waals surface area (Å²) in [5.74, 6) is -0.897. The van der Waals surface area contributed by atoms with Gasteiger partial charge in [-0.25, -0.2) is 9.37 Å². The Kier molecular flexibility index (Phi) is 5.41. The molecule has 0 aliphatic carbocycles. The number of aromatic nitrogens is 1. The number of rotatable bonds is 5. The molecule has 3 heterocycles. The lowest BCUT2D eigenvalue weighted by atomic mass is 10.0. The number of anilines is 1. The number of hydrogen-bond acceptors (Lipinski definition) is 8. The lowest BCUT2D eigenvalue weighted by Gasteiger charge is -2.36. The first-order valence-electron chi connectivity index (χ1n) is 10.5.